The van der Waals surface area contributed by atoms with Crippen molar-refractivity contribution in [3.63, 3.8) is 0 Å². The standard InChI is InChI=1S/C29H43N5O6/c1-20-19-33(26(36)40-27(2,3)4)15-8-16-34(20)25-30-14-10-22(31-25)23(32-37)21-9-7-12-28(24(21)35)11-5-6-13-29(28)38-17-18-39-29/h10,14,20-21,37H,5-9,11-13,15-19H2,1-4H3/b32-23-/t20-,21?,28-/m0/s1. The fraction of sp³-hybridized carbons (Fsp3) is 0.759. The smallest absolute Gasteiger partial charge is 0.410 e. The fourth-order valence-corrected chi connectivity index (χ4v) is 7.05. The van der Waals surface area contributed by atoms with Crippen LogP contribution in [0.3, 0.4) is 0 Å². The second-order valence-corrected chi connectivity index (χ2v) is 12.6. The molecule has 0 radical (unpaired) electrons. The molecule has 11 heteroatoms. The van der Waals surface area contributed by atoms with E-state index >= 15 is 0 Å². The molecule has 5 rings (SSSR count). The summed E-state index contributed by atoms with van der Waals surface area (Å²) in [5.41, 5.74) is -0.599. The van der Waals surface area contributed by atoms with Crippen LogP contribution in [0.4, 0.5) is 10.7 Å². The van der Waals surface area contributed by atoms with Gasteiger partial charge in [0, 0.05) is 38.3 Å². The number of nitrogens with zero attached hydrogens (tertiary/aromatic N) is 5. The second-order valence-electron chi connectivity index (χ2n) is 12.6. The van der Waals surface area contributed by atoms with Gasteiger partial charge in [-0.15, -0.1) is 0 Å². The van der Waals surface area contributed by atoms with Gasteiger partial charge in [0.1, 0.15) is 11.3 Å². The van der Waals surface area contributed by atoms with Gasteiger partial charge >= 0.3 is 6.09 Å². The summed E-state index contributed by atoms with van der Waals surface area (Å²) in [6.45, 7) is 10.3. The number of fused-ring (bicyclic) bond motifs is 1. The third-order valence-electron chi connectivity index (χ3n) is 8.82. The minimum atomic E-state index is -0.875. The van der Waals surface area contributed by atoms with Gasteiger partial charge in [-0.05, 0) is 65.9 Å². The van der Waals surface area contributed by atoms with Gasteiger partial charge in [-0.3, -0.25) is 4.79 Å². The van der Waals surface area contributed by atoms with E-state index in [0.717, 1.165) is 38.5 Å². The molecule has 11 nitrogen and oxygen atoms in total. The topological polar surface area (TPSA) is 127 Å². The number of Topliss-reactive ketones (excluding diaryl/α,β-unsaturated/α-hetero) is 1. The highest BCUT2D eigenvalue weighted by molar-refractivity contribution is 6.14. The van der Waals surface area contributed by atoms with Crippen LogP contribution in [0, 0.1) is 11.3 Å². The zero-order chi connectivity index (χ0) is 28.5. The lowest BCUT2D eigenvalue weighted by molar-refractivity contribution is -0.255. The van der Waals surface area contributed by atoms with Gasteiger partial charge in [0.05, 0.1) is 30.2 Å². The molecule has 220 valence electrons. The number of ketones is 1. The number of oxime groups is 1. The van der Waals surface area contributed by atoms with Crippen molar-refractivity contribution < 1.29 is 29.0 Å². The summed E-state index contributed by atoms with van der Waals surface area (Å²) in [7, 11) is 0. The quantitative estimate of drug-likeness (QED) is 0.331. The summed E-state index contributed by atoms with van der Waals surface area (Å²) in [6, 6.07) is 1.63. The van der Waals surface area contributed by atoms with Crippen LogP contribution in [-0.4, -0.2) is 87.9 Å². The van der Waals surface area contributed by atoms with Crippen molar-refractivity contribution in [2.45, 2.75) is 96.5 Å². The maximum absolute atomic E-state index is 14.3. The molecule has 1 amide bonds. The van der Waals surface area contributed by atoms with Gasteiger partial charge in [-0.2, -0.15) is 0 Å². The predicted octanol–water partition coefficient (Wildman–Crippen LogP) is 4.16. The molecule has 0 bridgehead atoms. The van der Waals surface area contributed by atoms with Crippen LogP contribution in [0.1, 0.15) is 84.8 Å². The summed E-state index contributed by atoms with van der Waals surface area (Å²) in [5.74, 6) is -0.968. The molecule has 2 aliphatic heterocycles. The number of carbonyl (C=O) groups is 2. The van der Waals surface area contributed by atoms with Crippen molar-refractivity contribution >= 4 is 23.5 Å². The molecule has 4 fully saturated rings. The second kappa shape index (κ2) is 11.2. The maximum atomic E-state index is 14.3. The normalized spacial score (nSPS) is 29.6. The first kappa shape index (κ1) is 28.7. The molecular weight excluding hydrogens is 514 g/mol. The average molecular weight is 558 g/mol. The van der Waals surface area contributed by atoms with Crippen molar-refractivity contribution in [3.05, 3.63) is 18.0 Å². The first-order chi connectivity index (χ1) is 19.1. The van der Waals surface area contributed by atoms with Gasteiger partial charge in [-0.1, -0.05) is 18.0 Å². The largest absolute Gasteiger partial charge is 0.444 e. The minimum absolute atomic E-state index is 0.0319. The van der Waals surface area contributed by atoms with Gasteiger partial charge < -0.3 is 29.2 Å². The zero-order valence-corrected chi connectivity index (χ0v) is 24.2. The first-order valence-corrected chi connectivity index (χ1v) is 14.7. The zero-order valence-electron chi connectivity index (χ0n) is 24.2. The predicted molar refractivity (Wildman–Crippen MR) is 147 cm³/mol. The van der Waals surface area contributed by atoms with Gasteiger partial charge in [0.2, 0.25) is 5.95 Å². The van der Waals surface area contributed by atoms with Gasteiger partial charge in [0.15, 0.2) is 11.6 Å². The van der Waals surface area contributed by atoms with E-state index in [2.05, 4.69) is 15.0 Å². The molecule has 3 atom stereocenters. The Bertz CT molecular complexity index is 1130. The summed E-state index contributed by atoms with van der Waals surface area (Å²) in [6.07, 6.45) is 7.49. The van der Waals surface area contributed by atoms with E-state index in [1.165, 1.54) is 0 Å². The Labute approximate surface area is 236 Å². The van der Waals surface area contributed by atoms with Crippen LogP contribution in [-0.2, 0) is 19.0 Å². The maximum Gasteiger partial charge on any atom is 0.410 e. The molecular formula is C29H43N5O6. The molecule has 4 aliphatic rings. The van der Waals surface area contributed by atoms with E-state index in [1.807, 2.05) is 27.7 Å². The Morgan fingerprint density at radius 3 is 2.58 bits per heavy atom. The van der Waals surface area contributed by atoms with E-state index in [1.54, 1.807) is 17.2 Å². The van der Waals surface area contributed by atoms with Crippen LogP contribution in [0.5, 0.6) is 0 Å². The van der Waals surface area contributed by atoms with Crippen LogP contribution in [0.15, 0.2) is 17.4 Å². The Kier molecular flexibility index (Phi) is 8.07. The highest BCUT2D eigenvalue weighted by atomic mass is 16.7. The molecule has 2 saturated carbocycles. The SMILES string of the molecule is C[C@H]1CN(C(=O)OC(C)(C)C)CCCN1c1nccc(/C(=N\O)C2CCC[C@@]3(CCCCC34OCCO4)C2=O)n1. The number of rotatable bonds is 3. The Morgan fingerprint density at radius 1 is 1.12 bits per heavy atom. The summed E-state index contributed by atoms with van der Waals surface area (Å²) in [5, 5.41) is 13.9. The van der Waals surface area contributed by atoms with Gasteiger partial charge in [-0.25, -0.2) is 14.8 Å². The summed E-state index contributed by atoms with van der Waals surface area (Å²) in [4.78, 5) is 40.1. The number of ether oxygens (including phenoxy) is 3. The molecule has 2 saturated heterocycles. The number of hydrogen-bond donors (Lipinski definition) is 1. The average Bonchev–Trinajstić information content (AvgIpc) is 3.29. The Balaban J connectivity index is 1.37. The van der Waals surface area contributed by atoms with E-state index in [-0.39, 0.29) is 23.6 Å². The van der Waals surface area contributed by atoms with Crippen molar-refractivity contribution in [1.82, 2.24) is 14.9 Å². The number of hydrogen-bond acceptors (Lipinski definition) is 10. The first-order valence-electron chi connectivity index (χ1n) is 14.7. The molecule has 0 aromatic carbocycles. The summed E-state index contributed by atoms with van der Waals surface area (Å²) >= 11 is 0. The van der Waals surface area contributed by atoms with Crippen LogP contribution in [0.2, 0.25) is 0 Å². The third-order valence-corrected chi connectivity index (χ3v) is 8.82. The lowest BCUT2D eigenvalue weighted by Gasteiger charge is -2.52. The van der Waals surface area contributed by atoms with Crippen LogP contribution in [0.25, 0.3) is 0 Å². The molecule has 2 spiro atoms. The number of carbonyl (C=O) groups excluding carboxylic acids is 2. The number of aromatic nitrogens is 2. The van der Waals surface area contributed by atoms with Crippen molar-refractivity contribution in [2.24, 2.45) is 16.5 Å². The molecule has 2 aliphatic carbocycles. The van der Waals surface area contributed by atoms with Crippen LogP contribution >= 0.6 is 0 Å². The molecule has 3 heterocycles. The molecule has 1 aromatic rings. The fourth-order valence-electron chi connectivity index (χ4n) is 7.05. The Morgan fingerprint density at radius 2 is 1.85 bits per heavy atom. The lowest BCUT2D eigenvalue weighted by atomic mass is 9.57. The molecule has 1 aromatic heterocycles. The van der Waals surface area contributed by atoms with Crippen molar-refractivity contribution in [2.75, 3.05) is 37.7 Å². The minimum Gasteiger partial charge on any atom is -0.444 e. The molecule has 40 heavy (non-hydrogen) atoms. The highest BCUT2D eigenvalue weighted by Crippen LogP contribution is 2.56. The van der Waals surface area contributed by atoms with Crippen molar-refractivity contribution in [1.29, 1.82) is 0 Å². The van der Waals surface area contributed by atoms with Crippen LogP contribution < -0.4 is 4.90 Å². The van der Waals surface area contributed by atoms with Crippen molar-refractivity contribution in [3.8, 4) is 0 Å². The highest BCUT2D eigenvalue weighted by Gasteiger charge is 2.63. The summed E-state index contributed by atoms with van der Waals surface area (Å²) < 4.78 is 17.9. The van der Waals surface area contributed by atoms with E-state index in [9.17, 15) is 14.8 Å². The monoisotopic (exact) mass is 557 g/mol. The number of anilines is 1. The van der Waals surface area contributed by atoms with E-state index in [0.29, 0.717) is 57.3 Å². The molecule has 1 N–H and O–H groups in total. The van der Waals surface area contributed by atoms with Gasteiger partial charge in [0.25, 0.3) is 0 Å². The third kappa shape index (κ3) is 5.30. The molecule has 1 unspecified atom stereocenters. The van der Waals surface area contributed by atoms with E-state index in [4.69, 9.17) is 19.2 Å². The lowest BCUT2D eigenvalue weighted by Crippen LogP contribution is -2.60. The Hall–Kier alpha value is -2.79. The van der Waals surface area contributed by atoms with E-state index < -0.39 is 22.7 Å². The number of amides is 1.